The summed E-state index contributed by atoms with van der Waals surface area (Å²) in [5.41, 5.74) is 0.765. The molecular formula is C19H27F3N4O3. The fourth-order valence-electron chi connectivity index (χ4n) is 2.96. The second-order valence-electron chi connectivity index (χ2n) is 7.24. The second kappa shape index (κ2) is 10.6. The van der Waals surface area contributed by atoms with E-state index in [1.54, 1.807) is 18.2 Å². The SMILES string of the molecule is CC(CN1CCN(C)CC1)NC(=O)C(=O)Nc1cccc(COCC(F)(F)F)c1. The van der Waals surface area contributed by atoms with Crippen LogP contribution in [0.4, 0.5) is 18.9 Å². The first-order chi connectivity index (χ1) is 13.6. The van der Waals surface area contributed by atoms with Gasteiger partial charge in [0, 0.05) is 44.5 Å². The standard InChI is InChI=1S/C19H27F3N4O3/c1-14(11-26-8-6-25(2)7-9-26)23-17(27)18(28)24-16-5-3-4-15(10-16)12-29-13-19(20,21)22/h3-5,10,14H,6-9,11-13H2,1-2H3,(H,23,27)(H,24,28). The lowest BCUT2D eigenvalue weighted by molar-refractivity contribution is -0.176. The minimum atomic E-state index is -4.40. The number of hydrogen-bond donors (Lipinski definition) is 2. The Morgan fingerprint density at radius 1 is 1.17 bits per heavy atom. The van der Waals surface area contributed by atoms with Crippen molar-refractivity contribution in [3.8, 4) is 0 Å². The lowest BCUT2D eigenvalue weighted by Gasteiger charge is -2.33. The third kappa shape index (κ3) is 8.80. The van der Waals surface area contributed by atoms with Gasteiger partial charge in [-0.05, 0) is 31.7 Å². The van der Waals surface area contributed by atoms with Crippen LogP contribution in [0.3, 0.4) is 0 Å². The number of ether oxygens (including phenoxy) is 1. The summed E-state index contributed by atoms with van der Waals surface area (Å²) >= 11 is 0. The van der Waals surface area contributed by atoms with Gasteiger partial charge in [-0.15, -0.1) is 0 Å². The van der Waals surface area contributed by atoms with Gasteiger partial charge in [0.25, 0.3) is 0 Å². The molecule has 10 heteroatoms. The van der Waals surface area contributed by atoms with E-state index >= 15 is 0 Å². The first kappa shape index (κ1) is 23.1. The number of halogens is 3. The minimum absolute atomic E-state index is 0.196. The Morgan fingerprint density at radius 3 is 2.52 bits per heavy atom. The molecule has 1 heterocycles. The van der Waals surface area contributed by atoms with E-state index in [9.17, 15) is 22.8 Å². The van der Waals surface area contributed by atoms with Crippen molar-refractivity contribution in [3.63, 3.8) is 0 Å². The van der Waals surface area contributed by atoms with Gasteiger partial charge in [-0.25, -0.2) is 0 Å². The highest BCUT2D eigenvalue weighted by atomic mass is 19.4. The molecule has 2 rings (SSSR count). The van der Waals surface area contributed by atoms with Crippen LogP contribution in [0.2, 0.25) is 0 Å². The normalized spacial score (nSPS) is 17.0. The number of rotatable bonds is 7. The third-order valence-electron chi connectivity index (χ3n) is 4.43. The van der Waals surface area contributed by atoms with Crippen molar-refractivity contribution in [2.45, 2.75) is 25.7 Å². The lowest BCUT2D eigenvalue weighted by Crippen LogP contribution is -2.51. The lowest BCUT2D eigenvalue weighted by atomic mass is 10.2. The molecule has 0 saturated carbocycles. The van der Waals surface area contributed by atoms with Crippen LogP contribution in [0.1, 0.15) is 12.5 Å². The van der Waals surface area contributed by atoms with E-state index in [1.807, 2.05) is 6.92 Å². The van der Waals surface area contributed by atoms with Crippen molar-refractivity contribution in [1.29, 1.82) is 0 Å². The van der Waals surface area contributed by atoms with E-state index in [0.29, 0.717) is 17.8 Å². The number of likely N-dealkylation sites (N-methyl/N-ethyl adjacent to an activating group) is 1. The van der Waals surface area contributed by atoms with Gasteiger partial charge in [0.1, 0.15) is 6.61 Å². The molecule has 1 saturated heterocycles. The molecule has 0 bridgehead atoms. The molecule has 1 fully saturated rings. The molecule has 1 aromatic carbocycles. The highest BCUT2D eigenvalue weighted by Gasteiger charge is 2.27. The molecular weight excluding hydrogens is 389 g/mol. The summed E-state index contributed by atoms with van der Waals surface area (Å²) in [5.74, 6) is -1.59. The van der Waals surface area contributed by atoms with Crippen LogP contribution in [0.5, 0.6) is 0 Å². The van der Waals surface area contributed by atoms with Crippen molar-refractivity contribution in [1.82, 2.24) is 15.1 Å². The number of benzene rings is 1. The van der Waals surface area contributed by atoms with Crippen LogP contribution in [-0.4, -0.2) is 80.2 Å². The van der Waals surface area contributed by atoms with E-state index < -0.39 is 24.6 Å². The molecule has 0 radical (unpaired) electrons. The van der Waals surface area contributed by atoms with Gasteiger partial charge in [0.15, 0.2) is 0 Å². The zero-order chi connectivity index (χ0) is 21.4. The van der Waals surface area contributed by atoms with Crippen LogP contribution in [0.15, 0.2) is 24.3 Å². The Bertz CT molecular complexity index is 692. The van der Waals surface area contributed by atoms with Crippen LogP contribution < -0.4 is 10.6 Å². The van der Waals surface area contributed by atoms with E-state index in [0.717, 1.165) is 26.2 Å². The predicted octanol–water partition coefficient (Wildman–Crippen LogP) is 1.46. The molecule has 7 nitrogen and oxygen atoms in total. The van der Waals surface area contributed by atoms with E-state index in [4.69, 9.17) is 0 Å². The monoisotopic (exact) mass is 416 g/mol. The zero-order valence-corrected chi connectivity index (χ0v) is 16.6. The average Bonchev–Trinajstić information content (AvgIpc) is 2.63. The topological polar surface area (TPSA) is 73.9 Å². The molecule has 162 valence electrons. The summed E-state index contributed by atoms with van der Waals surface area (Å²) in [6.07, 6.45) is -4.40. The Labute approximate surface area is 168 Å². The molecule has 0 aromatic heterocycles. The summed E-state index contributed by atoms with van der Waals surface area (Å²) in [5, 5.41) is 5.12. The quantitative estimate of drug-likeness (QED) is 0.659. The molecule has 1 aliphatic rings. The van der Waals surface area contributed by atoms with Crippen molar-refractivity contribution >= 4 is 17.5 Å². The Morgan fingerprint density at radius 2 is 1.86 bits per heavy atom. The van der Waals surface area contributed by atoms with Crippen LogP contribution in [0.25, 0.3) is 0 Å². The van der Waals surface area contributed by atoms with Crippen LogP contribution >= 0.6 is 0 Å². The maximum absolute atomic E-state index is 12.1. The summed E-state index contributed by atoms with van der Waals surface area (Å²) < 4.78 is 41.0. The molecule has 1 aliphatic heterocycles. The third-order valence-corrected chi connectivity index (χ3v) is 4.43. The molecule has 0 aliphatic carbocycles. The van der Waals surface area contributed by atoms with Crippen molar-refractivity contribution in [2.75, 3.05) is 51.7 Å². The van der Waals surface area contributed by atoms with Gasteiger partial charge in [-0.2, -0.15) is 13.2 Å². The molecule has 0 spiro atoms. The maximum atomic E-state index is 12.1. The van der Waals surface area contributed by atoms with E-state index in [-0.39, 0.29) is 12.6 Å². The number of nitrogens with zero attached hydrogens (tertiary/aromatic N) is 2. The summed E-state index contributed by atoms with van der Waals surface area (Å²) in [7, 11) is 2.06. The Kier molecular flexibility index (Phi) is 8.42. The molecule has 2 amide bonds. The first-order valence-corrected chi connectivity index (χ1v) is 9.38. The number of piperazine rings is 1. The molecule has 1 aromatic rings. The second-order valence-corrected chi connectivity index (χ2v) is 7.24. The van der Waals surface area contributed by atoms with Gasteiger partial charge < -0.3 is 20.3 Å². The van der Waals surface area contributed by atoms with Gasteiger partial charge in [-0.3, -0.25) is 14.5 Å². The highest BCUT2D eigenvalue weighted by Crippen LogP contribution is 2.17. The van der Waals surface area contributed by atoms with Crippen LogP contribution in [-0.2, 0) is 20.9 Å². The zero-order valence-electron chi connectivity index (χ0n) is 16.6. The molecule has 2 N–H and O–H groups in total. The van der Waals surface area contributed by atoms with Gasteiger partial charge in [0.05, 0.1) is 6.61 Å². The Hall–Kier alpha value is -2.17. The fourth-order valence-corrected chi connectivity index (χ4v) is 2.96. The van der Waals surface area contributed by atoms with E-state index in [1.165, 1.54) is 6.07 Å². The number of amides is 2. The minimum Gasteiger partial charge on any atom is -0.367 e. The number of anilines is 1. The molecule has 1 atom stereocenters. The Balaban J connectivity index is 1.78. The van der Waals surface area contributed by atoms with Crippen LogP contribution in [0, 0.1) is 0 Å². The predicted molar refractivity (Wildman–Crippen MR) is 102 cm³/mol. The van der Waals surface area contributed by atoms with E-state index in [2.05, 4.69) is 32.2 Å². The molecule has 29 heavy (non-hydrogen) atoms. The first-order valence-electron chi connectivity index (χ1n) is 9.38. The number of carbonyl (C=O) groups is 2. The fraction of sp³-hybridized carbons (Fsp3) is 0.579. The largest absolute Gasteiger partial charge is 0.411 e. The average molecular weight is 416 g/mol. The summed E-state index contributed by atoms with van der Waals surface area (Å²) in [4.78, 5) is 28.7. The number of alkyl halides is 3. The molecule has 1 unspecified atom stereocenters. The number of carbonyl (C=O) groups excluding carboxylic acids is 2. The van der Waals surface area contributed by atoms with Gasteiger partial charge in [0.2, 0.25) is 0 Å². The van der Waals surface area contributed by atoms with Crippen molar-refractivity contribution in [2.24, 2.45) is 0 Å². The summed E-state index contributed by atoms with van der Waals surface area (Å²) in [6.45, 7) is 4.63. The van der Waals surface area contributed by atoms with Gasteiger partial charge >= 0.3 is 18.0 Å². The van der Waals surface area contributed by atoms with Crippen molar-refractivity contribution in [3.05, 3.63) is 29.8 Å². The van der Waals surface area contributed by atoms with Crippen molar-refractivity contribution < 1.29 is 27.5 Å². The van der Waals surface area contributed by atoms with Gasteiger partial charge in [-0.1, -0.05) is 12.1 Å². The summed E-state index contributed by atoms with van der Waals surface area (Å²) in [6, 6.07) is 5.96. The number of hydrogen-bond acceptors (Lipinski definition) is 5. The number of nitrogens with one attached hydrogen (secondary N) is 2. The smallest absolute Gasteiger partial charge is 0.367 e. The maximum Gasteiger partial charge on any atom is 0.411 e. The highest BCUT2D eigenvalue weighted by molar-refractivity contribution is 6.39.